The molecule has 1 fully saturated rings. The van der Waals surface area contributed by atoms with Crippen molar-refractivity contribution >= 4 is 27.5 Å². The van der Waals surface area contributed by atoms with E-state index in [2.05, 4.69) is 5.32 Å². The molecule has 1 saturated heterocycles. The molecule has 0 unspecified atom stereocenters. The molecule has 174 valence electrons. The Kier molecular flexibility index (Phi) is 6.51. The van der Waals surface area contributed by atoms with E-state index in [4.69, 9.17) is 11.6 Å². The van der Waals surface area contributed by atoms with Crippen molar-refractivity contribution in [3.05, 3.63) is 69.5 Å². The molecule has 0 spiro atoms. The van der Waals surface area contributed by atoms with Gasteiger partial charge in [-0.15, -0.1) is 0 Å². The SMILES string of the molecule is CS(=O)(=O)N1C[C@H](NC(=O)c2cccc(C(F)(F)F)c2Cl)[C@@H](c2cc(F)c(F)cc2F)C1. The van der Waals surface area contributed by atoms with Gasteiger partial charge in [-0.2, -0.15) is 17.5 Å². The molecule has 1 heterocycles. The summed E-state index contributed by atoms with van der Waals surface area (Å²) < 4.78 is 105. The number of nitrogens with one attached hydrogen (secondary N) is 1. The second kappa shape index (κ2) is 8.56. The molecule has 1 aliphatic heterocycles. The van der Waals surface area contributed by atoms with Crippen LogP contribution < -0.4 is 5.32 Å². The van der Waals surface area contributed by atoms with E-state index in [0.29, 0.717) is 12.1 Å². The van der Waals surface area contributed by atoms with Crippen molar-refractivity contribution in [2.45, 2.75) is 18.1 Å². The highest BCUT2D eigenvalue weighted by Gasteiger charge is 2.41. The predicted molar refractivity (Wildman–Crippen MR) is 103 cm³/mol. The lowest BCUT2D eigenvalue weighted by Crippen LogP contribution is -2.40. The molecule has 5 nitrogen and oxygen atoms in total. The van der Waals surface area contributed by atoms with Crippen molar-refractivity contribution in [1.82, 2.24) is 9.62 Å². The summed E-state index contributed by atoms with van der Waals surface area (Å²) in [7, 11) is -3.83. The van der Waals surface area contributed by atoms with E-state index in [0.717, 1.165) is 22.7 Å². The summed E-state index contributed by atoms with van der Waals surface area (Å²) in [5.74, 6) is -6.23. The number of hydrogen-bond acceptors (Lipinski definition) is 3. The third-order valence-corrected chi connectivity index (χ3v) is 6.70. The van der Waals surface area contributed by atoms with Gasteiger partial charge in [-0.1, -0.05) is 17.7 Å². The zero-order valence-corrected chi connectivity index (χ0v) is 17.8. The zero-order chi connectivity index (χ0) is 24.0. The van der Waals surface area contributed by atoms with E-state index < -0.39 is 73.2 Å². The molecule has 0 radical (unpaired) electrons. The number of carbonyl (C=O) groups excluding carboxylic acids is 1. The molecule has 13 heteroatoms. The maximum absolute atomic E-state index is 14.4. The van der Waals surface area contributed by atoms with Crippen LogP contribution in [0.2, 0.25) is 5.02 Å². The molecular weight excluding hydrogens is 486 g/mol. The Morgan fingerprint density at radius 1 is 1.09 bits per heavy atom. The summed E-state index contributed by atoms with van der Waals surface area (Å²) in [5.41, 5.74) is -2.18. The summed E-state index contributed by atoms with van der Waals surface area (Å²) in [5, 5.41) is 1.48. The average Bonchev–Trinajstić information content (AvgIpc) is 3.07. The number of benzene rings is 2. The molecule has 1 N–H and O–H groups in total. The minimum atomic E-state index is -4.83. The van der Waals surface area contributed by atoms with Crippen molar-refractivity contribution in [3.63, 3.8) is 0 Å². The fraction of sp³-hybridized carbons (Fsp3) is 0.316. The Bertz CT molecular complexity index is 1170. The van der Waals surface area contributed by atoms with Crippen LogP contribution in [0.3, 0.4) is 0 Å². The number of amides is 1. The fourth-order valence-corrected chi connectivity index (χ4v) is 4.68. The van der Waals surface area contributed by atoms with Crippen molar-refractivity contribution in [3.8, 4) is 0 Å². The Hall–Kier alpha value is -2.31. The van der Waals surface area contributed by atoms with Gasteiger partial charge >= 0.3 is 6.18 Å². The summed E-state index contributed by atoms with van der Waals surface area (Å²) >= 11 is 5.75. The summed E-state index contributed by atoms with van der Waals surface area (Å²) in [6, 6.07) is 2.35. The largest absolute Gasteiger partial charge is 0.417 e. The smallest absolute Gasteiger partial charge is 0.347 e. The second-order valence-corrected chi connectivity index (χ2v) is 9.58. The molecule has 32 heavy (non-hydrogen) atoms. The molecule has 2 atom stereocenters. The normalized spacial score (nSPS) is 19.9. The summed E-state index contributed by atoms with van der Waals surface area (Å²) in [6.07, 6.45) is -3.97. The monoisotopic (exact) mass is 500 g/mol. The summed E-state index contributed by atoms with van der Waals surface area (Å²) in [6.45, 7) is -0.744. The number of sulfonamides is 1. The number of hydrogen-bond donors (Lipinski definition) is 1. The Balaban J connectivity index is 1.98. The van der Waals surface area contributed by atoms with Crippen LogP contribution in [0.1, 0.15) is 27.4 Å². The molecule has 1 aliphatic rings. The lowest BCUT2D eigenvalue weighted by molar-refractivity contribution is -0.137. The Morgan fingerprint density at radius 3 is 2.31 bits per heavy atom. The molecule has 2 aromatic rings. The van der Waals surface area contributed by atoms with Crippen LogP contribution in [-0.2, 0) is 16.2 Å². The van der Waals surface area contributed by atoms with Gasteiger partial charge in [0.05, 0.1) is 28.4 Å². The molecule has 3 rings (SSSR count). The predicted octanol–water partition coefficient (Wildman–Crippen LogP) is 3.93. The standard InChI is InChI=1S/C19H15ClF6N2O3S/c1-32(30,31)28-7-11(10-5-14(22)15(23)6-13(10)21)16(8-28)27-18(29)9-3-2-4-12(17(9)20)19(24,25)26/h2-6,11,16H,7-8H2,1H3,(H,27,29)/t11-,16+/m1/s1. The van der Waals surface area contributed by atoms with Gasteiger partial charge in [0.1, 0.15) is 5.82 Å². The highest BCUT2D eigenvalue weighted by molar-refractivity contribution is 7.88. The molecule has 2 aromatic carbocycles. The van der Waals surface area contributed by atoms with E-state index >= 15 is 0 Å². The van der Waals surface area contributed by atoms with Crippen LogP contribution in [0.4, 0.5) is 26.3 Å². The van der Waals surface area contributed by atoms with Crippen LogP contribution in [0, 0.1) is 17.5 Å². The molecule has 0 aliphatic carbocycles. The number of alkyl halides is 3. The zero-order valence-electron chi connectivity index (χ0n) is 16.2. The van der Waals surface area contributed by atoms with Gasteiger partial charge in [0.25, 0.3) is 5.91 Å². The van der Waals surface area contributed by atoms with Gasteiger partial charge in [-0.05, 0) is 23.8 Å². The van der Waals surface area contributed by atoms with E-state index in [9.17, 15) is 39.6 Å². The first-order valence-electron chi connectivity index (χ1n) is 8.96. The quantitative estimate of drug-likeness (QED) is 0.511. The van der Waals surface area contributed by atoms with Gasteiger partial charge < -0.3 is 5.32 Å². The van der Waals surface area contributed by atoms with Crippen LogP contribution in [0.5, 0.6) is 0 Å². The Labute approximate surface area is 184 Å². The minimum Gasteiger partial charge on any atom is -0.347 e. The third-order valence-electron chi connectivity index (χ3n) is 5.06. The van der Waals surface area contributed by atoms with Gasteiger partial charge in [0, 0.05) is 25.1 Å². The number of rotatable bonds is 4. The first kappa shape index (κ1) is 24.3. The first-order valence-corrected chi connectivity index (χ1v) is 11.2. The van der Waals surface area contributed by atoms with E-state index in [1.54, 1.807) is 0 Å². The van der Waals surface area contributed by atoms with Crippen molar-refractivity contribution in [1.29, 1.82) is 0 Å². The van der Waals surface area contributed by atoms with Crippen molar-refractivity contribution in [2.75, 3.05) is 19.3 Å². The van der Waals surface area contributed by atoms with Gasteiger partial charge in [0.2, 0.25) is 10.0 Å². The first-order chi connectivity index (χ1) is 14.7. The van der Waals surface area contributed by atoms with E-state index in [-0.39, 0.29) is 19.2 Å². The van der Waals surface area contributed by atoms with Gasteiger partial charge in [-0.3, -0.25) is 4.79 Å². The van der Waals surface area contributed by atoms with Crippen molar-refractivity contribution < 1.29 is 39.6 Å². The molecular formula is C19H15ClF6N2O3S. The van der Waals surface area contributed by atoms with Crippen LogP contribution in [0.25, 0.3) is 0 Å². The molecule has 0 bridgehead atoms. The molecule has 1 amide bonds. The van der Waals surface area contributed by atoms with Crippen LogP contribution in [0.15, 0.2) is 30.3 Å². The summed E-state index contributed by atoms with van der Waals surface area (Å²) in [4.78, 5) is 12.7. The van der Waals surface area contributed by atoms with E-state index in [1.165, 1.54) is 0 Å². The highest BCUT2D eigenvalue weighted by atomic mass is 35.5. The Morgan fingerprint density at radius 2 is 1.72 bits per heavy atom. The maximum atomic E-state index is 14.4. The lowest BCUT2D eigenvalue weighted by Gasteiger charge is -2.21. The lowest BCUT2D eigenvalue weighted by atomic mass is 9.93. The molecule has 0 aromatic heterocycles. The third kappa shape index (κ3) is 4.86. The highest BCUT2D eigenvalue weighted by Crippen LogP contribution is 2.37. The minimum absolute atomic E-state index is 0.288. The van der Waals surface area contributed by atoms with Crippen LogP contribution >= 0.6 is 11.6 Å². The van der Waals surface area contributed by atoms with Gasteiger partial charge in [-0.25, -0.2) is 21.6 Å². The van der Waals surface area contributed by atoms with Crippen molar-refractivity contribution in [2.24, 2.45) is 0 Å². The van der Waals surface area contributed by atoms with Gasteiger partial charge in [0.15, 0.2) is 11.6 Å². The van der Waals surface area contributed by atoms with E-state index in [1.807, 2.05) is 0 Å². The molecule has 0 saturated carbocycles. The average molecular weight is 501 g/mol. The second-order valence-electron chi connectivity index (χ2n) is 7.22. The number of carbonyl (C=O) groups is 1. The fourth-order valence-electron chi connectivity index (χ4n) is 3.49. The topological polar surface area (TPSA) is 66.5 Å². The number of nitrogens with zero attached hydrogens (tertiary/aromatic N) is 1. The van der Waals surface area contributed by atoms with Crippen LogP contribution in [-0.4, -0.2) is 44.0 Å². The maximum Gasteiger partial charge on any atom is 0.417 e. The number of halogens is 7.